The van der Waals surface area contributed by atoms with Crippen molar-refractivity contribution in [2.24, 2.45) is 5.92 Å². The first-order valence-corrected chi connectivity index (χ1v) is 19.3. The van der Waals surface area contributed by atoms with Gasteiger partial charge in [-0.3, -0.25) is 14.6 Å². The average Bonchev–Trinajstić information content (AvgIpc) is 4.06. The highest BCUT2D eigenvalue weighted by molar-refractivity contribution is 5.87. The zero-order valence-electron chi connectivity index (χ0n) is 32.1. The third-order valence-corrected chi connectivity index (χ3v) is 10.7. The summed E-state index contributed by atoms with van der Waals surface area (Å²) in [5.74, 6) is 0.733. The highest BCUT2D eigenvalue weighted by atomic mass is 16.5. The maximum atomic E-state index is 13.8. The molecule has 7 rings (SSSR count). The van der Waals surface area contributed by atoms with Crippen molar-refractivity contribution in [3.8, 4) is 33.6 Å². The second-order valence-corrected chi connectivity index (χ2v) is 14.8. The molecule has 57 heavy (non-hydrogen) atoms. The summed E-state index contributed by atoms with van der Waals surface area (Å²) < 4.78 is 4.81. The van der Waals surface area contributed by atoms with E-state index in [9.17, 15) is 24.3 Å². The van der Waals surface area contributed by atoms with Crippen molar-refractivity contribution in [3.63, 3.8) is 0 Å². The predicted molar refractivity (Wildman–Crippen MR) is 211 cm³/mol. The Morgan fingerprint density at radius 2 is 1.28 bits per heavy atom. The van der Waals surface area contributed by atoms with Crippen molar-refractivity contribution in [3.05, 3.63) is 103 Å². The van der Waals surface area contributed by atoms with Gasteiger partial charge in [0.05, 0.1) is 43.0 Å². The topological polar surface area (TPSA) is 199 Å². The molecule has 2 aliphatic rings. The molecule has 4 amide bonds. The normalized spacial score (nSPS) is 17.7. The summed E-state index contributed by atoms with van der Waals surface area (Å²) in [6, 6.07) is 19.6. The number of ether oxygens (including phenoxy) is 1. The van der Waals surface area contributed by atoms with Gasteiger partial charge in [0.1, 0.15) is 23.7 Å². The summed E-state index contributed by atoms with van der Waals surface area (Å²) >= 11 is 0. The first-order valence-electron chi connectivity index (χ1n) is 19.3. The van der Waals surface area contributed by atoms with E-state index in [0.29, 0.717) is 30.4 Å². The fraction of sp³-hybridized carbons (Fsp3) is 0.357. The maximum Gasteiger partial charge on any atom is 0.407 e. The van der Waals surface area contributed by atoms with Gasteiger partial charge in [0.25, 0.3) is 0 Å². The van der Waals surface area contributed by atoms with Gasteiger partial charge >= 0.3 is 12.2 Å². The van der Waals surface area contributed by atoms with E-state index in [1.54, 1.807) is 34.5 Å². The van der Waals surface area contributed by atoms with Gasteiger partial charge in [0, 0.05) is 31.4 Å². The van der Waals surface area contributed by atoms with Gasteiger partial charge in [-0.05, 0) is 66.0 Å². The number of benzene rings is 2. The van der Waals surface area contributed by atoms with Gasteiger partial charge in [-0.1, -0.05) is 68.4 Å². The second kappa shape index (κ2) is 17.1. The fourth-order valence-electron chi connectivity index (χ4n) is 7.77. The number of carboxylic acid groups (broad SMARTS) is 1. The molecule has 2 aromatic carbocycles. The summed E-state index contributed by atoms with van der Waals surface area (Å²) in [7, 11) is 1.27. The number of imidazole rings is 2. The standard InChI is InChI=1S/C42H47N9O6/c1-25(2)36(49-41(54)55)40(53)51-21-7-10-35(51)38-45-24-33(47-38)29-17-13-27(14-18-29)26-11-15-28(16-12-26)32-23-44-37(46-32)34-9-6-20-50(34)39(52)31(48-42(56)57-3)22-30-8-4-5-19-43-30/h4-5,8,11-19,23-25,31,34-36,49H,6-7,9-10,20-22H2,1-3H3,(H,44,46)(H,45,47)(H,48,56)(H,54,55)/t31-,34?,35-,36-/m0/s1. The summed E-state index contributed by atoms with van der Waals surface area (Å²) in [5.41, 5.74) is 6.33. The van der Waals surface area contributed by atoms with Crippen LogP contribution in [0, 0.1) is 5.92 Å². The van der Waals surface area contributed by atoms with Crippen LogP contribution in [0.5, 0.6) is 0 Å². The Labute approximate surface area is 330 Å². The summed E-state index contributed by atoms with van der Waals surface area (Å²) in [4.78, 5) is 74.8. The Morgan fingerprint density at radius 1 is 0.754 bits per heavy atom. The minimum atomic E-state index is -1.22. The van der Waals surface area contributed by atoms with Gasteiger partial charge in [-0.25, -0.2) is 19.6 Å². The van der Waals surface area contributed by atoms with Gasteiger partial charge in [-0.15, -0.1) is 0 Å². The molecule has 0 radical (unpaired) electrons. The number of methoxy groups -OCH3 is 1. The minimum Gasteiger partial charge on any atom is -0.465 e. The monoisotopic (exact) mass is 773 g/mol. The van der Waals surface area contributed by atoms with Crippen LogP contribution >= 0.6 is 0 Å². The Morgan fingerprint density at radius 3 is 1.75 bits per heavy atom. The third-order valence-electron chi connectivity index (χ3n) is 10.7. The largest absolute Gasteiger partial charge is 0.465 e. The molecule has 5 aromatic rings. The lowest BCUT2D eigenvalue weighted by molar-refractivity contribution is -0.135. The number of nitrogens with zero attached hydrogens (tertiary/aromatic N) is 5. The molecule has 0 spiro atoms. The van der Waals surface area contributed by atoms with Crippen LogP contribution in [0.3, 0.4) is 0 Å². The first kappa shape index (κ1) is 38.8. The van der Waals surface area contributed by atoms with E-state index in [-0.39, 0.29) is 36.2 Å². The molecule has 2 saturated heterocycles. The van der Waals surface area contributed by atoms with Crippen molar-refractivity contribution < 1.29 is 29.0 Å². The number of hydrogen-bond donors (Lipinski definition) is 5. The van der Waals surface area contributed by atoms with Gasteiger partial charge in [0.15, 0.2) is 0 Å². The van der Waals surface area contributed by atoms with Crippen LogP contribution < -0.4 is 10.6 Å². The van der Waals surface area contributed by atoms with E-state index in [1.165, 1.54) is 7.11 Å². The van der Waals surface area contributed by atoms with Crippen LogP contribution in [-0.2, 0) is 20.7 Å². The maximum absolute atomic E-state index is 13.8. The Bertz CT molecular complexity index is 2180. The zero-order valence-corrected chi connectivity index (χ0v) is 32.1. The fourth-order valence-corrected chi connectivity index (χ4v) is 7.77. The van der Waals surface area contributed by atoms with Crippen LogP contribution in [0.15, 0.2) is 85.3 Å². The minimum absolute atomic E-state index is 0.190. The van der Waals surface area contributed by atoms with Crippen molar-refractivity contribution in [1.29, 1.82) is 0 Å². The zero-order chi connectivity index (χ0) is 40.1. The molecule has 296 valence electrons. The first-order chi connectivity index (χ1) is 27.6. The predicted octanol–water partition coefficient (Wildman–Crippen LogP) is 6.12. The van der Waals surface area contributed by atoms with Gasteiger partial charge in [-0.2, -0.15) is 0 Å². The number of likely N-dealkylation sites (tertiary alicyclic amines) is 2. The van der Waals surface area contributed by atoms with Gasteiger partial charge < -0.3 is 40.2 Å². The molecular formula is C42H47N9O6. The van der Waals surface area contributed by atoms with E-state index in [4.69, 9.17) is 4.74 Å². The van der Waals surface area contributed by atoms with E-state index in [1.807, 2.05) is 50.2 Å². The number of alkyl carbamates (subject to hydrolysis) is 1. The second-order valence-electron chi connectivity index (χ2n) is 14.8. The average molecular weight is 774 g/mol. The summed E-state index contributed by atoms with van der Waals surface area (Å²) in [6.45, 7) is 4.75. The molecule has 2 fully saturated rings. The molecule has 1 unspecified atom stereocenters. The van der Waals surface area contributed by atoms with E-state index in [2.05, 4.69) is 59.8 Å². The smallest absolute Gasteiger partial charge is 0.407 e. The summed E-state index contributed by atoms with van der Waals surface area (Å²) in [5, 5.41) is 14.4. The number of amides is 4. The lowest BCUT2D eigenvalue weighted by atomic mass is 10.0. The van der Waals surface area contributed by atoms with Crippen molar-refractivity contribution in [1.82, 2.24) is 45.4 Å². The molecule has 4 atom stereocenters. The molecule has 5 heterocycles. The van der Waals surface area contributed by atoms with E-state index < -0.39 is 24.3 Å². The van der Waals surface area contributed by atoms with Crippen molar-refractivity contribution >= 4 is 24.0 Å². The molecule has 0 saturated carbocycles. The van der Waals surface area contributed by atoms with Crippen molar-refractivity contribution in [2.75, 3.05) is 20.2 Å². The van der Waals surface area contributed by atoms with E-state index >= 15 is 0 Å². The molecule has 15 nitrogen and oxygen atoms in total. The van der Waals surface area contributed by atoms with Crippen LogP contribution in [0.4, 0.5) is 9.59 Å². The third kappa shape index (κ3) is 8.67. The molecule has 0 bridgehead atoms. The number of aromatic nitrogens is 5. The number of H-pyrrole nitrogens is 2. The summed E-state index contributed by atoms with van der Waals surface area (Å²) in [6.07, 6.45) is 6.66. The number of carbonyl (C=O) groups is 4. The SMILES string of the molecule is COC(=O)N[C@@H](Cc1ccccn1)C(=O)N1CCCC1c1ncc(-c2ccc(-c3ccc(-c4cnc([C@@H]5CCCN5C(=O)[C@@H](NC(=O)O)C(C)C)[nH]4)cc3)cc2)[nH]1. The van der Waals surface area contributed by atoms with E-state index in [0.717, 1.165) is 59.3 Å². The van der Waals surface area contributed by atoms with Crippen LogP contribution in [0.2, 0.25) is 0 Å². The molecule has 0 aliphatic carbocycles. The molecule has 2 aliphatic heterocycles. The number of nitrogens with one attached hydrogen (secondary N) is 4. The Kier molecular flexibility index (Phi) is 11.6. The number of aromatic amines is 2. The molecule has 5 N–H and O–H groups in total. The number of pyridine rings is 1. The quantitative estimate of drug-likeness (QED) is 0.0992. The van der Waals surface area contributed by atoms with Crippen LogP contribution in [0.1, 0.15) is 69.0 Å². The molecular weight excluding hydrogens is 727 g/mol. The van der Waals surface area contributed by atoms with Crippen molar-refractivity contribution in [2.45, 2.75) is 70.1 Å². The number of carbonyl (C=O) groups excluding carboxylic acids is 3. The number of hydrogen-bond acceptors (Lipinski definition) is 8. The number of rotatable bonds is 12. The lowest BCUT2D eigenvalue weighted by Gasteiger charge is -2.29. The molecule has 15 heteroatoms. The molecule has 3 aromatic heterocycles. The lowest BCUT2D eigenvalue weighted by Crippen LogP contribution is -2.50. The van der Waals surface area contributed by atoms with Gasteiger partial charge in [0.2, 0.25) is 11.8 Å². The highest BCUT2D eigenvalue weighted by Gasteiger charge is 2.38. The highest BCUT2D eigenvalue weighted by Crippen LogP contribution is 2.35. The van der Waals surface area contributed by atoms with Crippen LogP contribution in [0.25, 0.3) is 33.6 Å². The Balaban J connectivity index is 1.00. The Hall–Kier alpha value is -6.51. The van der Waals surface area contributed by atoms with Crippen LogP contribution in [-0.4, -0.2) is 96.1 Å².